The van der Waals surface area contributed by atoms with Gasteiger partial charge in [-0.15, -0.1) is 10.2 Å². The lowest BCUT2D eigenvalue weighted by atomic mass is 9.93. The number of hydrogen-bond donors (Lipinski definition) is 0. The van der Waals surface area contributed by atoms with Crippen molar-refractivity contribution in [1.29, 1.82) is 0 Å². The SMILES string of the molecule is O=C(CSc1nnc(N2CCOCC2)n1C[C@@H]1CCCO1)N(c1ccccc1)C1CCCCC1. The maximum atomic E-state index is 13.6. The lowest BCUT2D eigenvalue weighted by Gasteiger charge is -2.34. The smallest absolute Gasteiger partial charge is 0.237 e. The Morgan fingerprint density at radius 1 is 1.00 bits per heavy atom. The molecule has 3 aliphatic rings. The number of benzene rings is 1. The van der Waals surface area contributed by atoms with Gasteiger partial charge in [0.05, 0.1) is 31.6 Å². The zero-order valence-corrected chi connectivity index (χ0v) is 20.6. The van der Waals surface area contributed by atoms with Gasteiger partial charge in [-0.3, -0.25) is 9.36 Å². The van der Waals surface area contributed by atoms with Crippen molar-refractivity contribution in [2.45, 2.75) is 68.8 Å². The highest BCUT2D eigenvalue weighted by Crippen LogP contribution is 2.30. The molecule has 0 N–H and O–H groups in total. The molecule has 2 aromatic rings. The fraction of sp³-hybridized carbons (Fsp3) is 0.640. The Morgan fingerprint density at radius 2 is 1.79 bits per heavy atom. The van der Waals surface area contributed by atoms with Gasteiger partial charge < -0.3 is 19.3 Å². The molecule has 1 atom stereocenters. The molecule has 3 heterocycles. The molecule has 9 heteroatoms. The number of anilines is 2. The number of rotatable bonds is 8. The van der Waals surface area contributed by atoms with Gasteiger partial charge in [-0.2, -0.15) is 0 Å². The Hall–Kier alpha value is -2.10. The summed E-state index contributed by atoms with van der Waals surface area (Å²) in [6.07, 6.45) is 8.10. The Bertz CT molecular complexity index is 922. The van der Waals surface area contributed by atoms with Crippen LogP contribution >= 0.6 is 11.8 Å². The summed E-state index contributed by atoms with van der Waals surface area (Å²) in [5, 5.41) is 9.85. The van der Waals surface area contributed by atoms with Crippen molar-refractivity contribution < 1.29 is 14.3 Å². The fourth-order valence-electron chi connectivity index (χ4n) is 5.22. The molecule has 3 fully saturated rings. The molecule has 1 aromatic carbocycles. The minimum Gasteiger partial charge on any atom is -0.378 e. The van der Waals surface area contributed by atoms with E-state index in [2.05, 4.69) is 19.7 Å². The van der Waals surface area contributed by atoms with Crippen LogP contribution in [0.15, 0.2) is 35.5 Å². The van der Waals surface area contributed by atoms with Crippen LogP contribution in [0.4, 0.5) is 11.6 Å². The molecule has 0 unspecified atom stereocenters. The highest BCUT2D eigenvalue weighted by atomic mass is 32.2. The summed E-state index contributed by atoms with van der Waals surface area (Å²) < 4.78 is 13.6. The molecule has 8 nitrogen and oxygen atoms in total. The maximum absolute atomic E-state index is 13.6. The van der Waals surface area contributed by atoms with Crippen molar-refractivity contribution >= 4 is 29.3 Å². The van der Waals surface area contributed by atoms with Crippen molar-refractivity contribution in [3.63, 3.8) is 0 Å². The van der Waals surface area contributed by atoms with E-state index in [0.717, 1.165) is 68.7 Å². The van der Waals surface area contributed by atoms with Crippen LogP contribution in [0.3, 0.4) is 0 Å². The maximum Gasteiger partial charge on any atom is 0.237 e. The molecular weight excluding hydrogens is 450 g/mol. The van der Waals surface area contributed by atoms with E-state index in [0.29, 0.717) is 19.0 Å². The van der Waals surface area contributed by atoms with Crippen molar-refractivity contribution in [1.82, 2.24) is 14.8 Å². The molecule has 1 aliphatic carbocycles. The van der Waals surface area contributed by atoms with Crippen LogP contribution in [0.5, 0.6) is 0 Å². The molecule has 1 saturated carbocycles. The van der Waals surface area contributed by atoms with Crippen LogP contribution in [0.1, 0.15) is 44.9 Å². The van der Waals surface area contributed by atoms with Gasteiger partial charge in [0.1, 0.15) is 0 Å². The van der Waals surface area contributed by atoms with Gasteiger partial charge in [0.25, 0.3) is 0 Å². The van der Waals surface area contributed by atoms with E-state index < -0.39 is 0 Å². The first-order chi connectivity index (χ1) is 16.8. The first kappa shape index (κ1) is 23.6. The minimum absolute atomic E-state index is 0.141. The third kappa shape index (κ3) is 5.58. The van der Waals surface area contributed by atoms with Crippen LogP contribution in [-0.2, 0) is 20.8 Å². The van der Waals surface area contributed by atoms with Crippen molar-refractivity contribution in [3.8, 4) is 0 Å². The first-order valence-electron chi connectivity index (χ1n) is 12.7. The predicted octanol–water partition coefficient (Wildman–Crippen LogP) is 3.75. The number of ether oxygens (including phenoxy) is 2. The van der Waals surface area contributed by atoms with Gasteiger partial charge in [0, 0.05) is 31.4 Å². The zero-order chi connectivity index (χ0) is 23.2. The number of para-hydroxylation sites is 1. The predicted molar refractivity (Wildman–Crippen MR) is 134 cm³/mol. The molecule has 2 aliphatic heterocycles. The third-order valence-corrected chi connectivity index (χ3v) is 7.92. The summed E-state index contributed by atoms with van der Waals surface area (Å²) in [5.41, 5.74) is 0.995. The zero-order valence-electron chi connectivity index (χ0n) is 19.8. The topological polar surface area (TPSA) is 72.7 Å². The normalized spacial score (nSPS) is 21.6. The van der Waals surface area contributed by atoms with Crippen molar-refractivity contribution in [2.75, 3.05) is 48.5 Å². The molecule has 2 saturated heterocycles. The summed E-state index contributed by atoms with van der Waals surface area (Å²) >= 11 is 1.50. The number of morpholine rings is 1. The van der Waals surface area contributed by atoms with E-state index in [1.54, 1.807) is 0 Å². The number of carbonyl (C=O) groups is 1. The quantitative estimate of drug-likeness (QED) is 0.527. The molecule has 1 amide bonds. The van der Waals surface area contributed by atoms with Crippen LogP contribution < -0.4 is 9.80 Å². The first-order valence-corrected chi connectivity index (χ1v) is 13.7. The van der Waals surface area contributed by atoms with E-state index >= 15 is 0 Å². The average Bonchev–Trinajstić information content (AvgIpc) is 3.55. The second-order valence-electron chi connectivity index (χ2n) is 9.31. The van der Waals surface area contributed by atoms with Gasteiger partial charge in [0.15, 0.2) is 5.16 Å². The molecule has 0 radical (unpaired) electrons. The van der Waals surface area contributed by atoms with Crippen LogP contribution in [0.2, 0.25) is 0 Å². The molecule has 1 aromatic heterocycles. The standard InChI is InChI=1S/C25H35N5O3S/c31-23(30(20-8-3-1-4-9-20)21-10-5-2-6-11-21)19-34-25-27-26-24(28-13-16-32-17-14-28)29(25)18-22-12-7-15-33-22/h1,3-4,8-9,21-22H,2,5-7,10-19H2/t22-/m0/s1. The number of aromatic nitrogens is 3. The largest absolute Gasteiger partial charge is 0.378 e. The lowest BCUT2D eigenvalue weighted by molar-refractivity contribution is -0.116. The Balaban J connectivity index is 1.33. The van der Waals surface area contributed by atoms with Gasteiger partial charge in [-0.05, 0) is 37.8 Å². The van der Waals surface area contributed by atoms with Gasteiger partial charge in [-0.25, -0.2) is 0 Å². The number of carbonyl (C=O) groups excluding carboxylic acids is 1. The molecular formula is C25H35N5O3S. The van der Waals surface area contributed by atoms with Gasteiger partial charge in [-0.1, -0.05) is 49.2 Å². The summed E-state index contributed by atoms with van der Waals surface area (Å²) in [6, 6.07) is 10.4. The third-order valence-electron chi connectivity index (χ3n) is 6.97. The van der Waals surface area contributed by atoms with Crippen LogP contribution in [0.25, 0.3) is 0 Å². The van der Waals surface area contributed by atoms with Gasteiger partial charge >= 0.3 is 0 Å². The van der Waals surface area contributed by atoms with E-state index in [1.807, 2.05) is 35.2 Å². The van der Waals surface area contributed by atoms with E-state index in [4.69, 9.17) is 9.47 Å². The fourth-order valence-corrected chi connectivity index (χ4v) is 6.02. The monoisotopic (exact) mass is 485 g/mol. The van der Waals surface area contributed by atoms with Crippen LogP contribution in [-0.4, -0.2) is 71.5 Å². The molecule has 5 rings (SSSR count). The second-order valence-corrected chi connectivity index (χ2v) is 10.2. The Labute approximate surface area is 206 Å². The van der Waals surface area contributed by atoms with Gasteiger partial charge in [0.2, 0.25) is 11.9 Å². The highest BCUT2D eigenvalue weighted by Gasteiger charge is 2.29. The Morgan fingerprint density at radius 3 is 2.53 bits per heavy atom. The minimum atomic E-state index is 0.141. The average molecular weight is 486 g/mol. The summed E-state index contributed by atoms with van der Waals surface area (Å²) in [4.78, 5) is 17.8. The number of amides is 1. The van der Waals surface area contributed by atoms with E-state index in [1.165, 1.54) is 31.0 Å². The molecule has 0 spiro atoms. The number of hydrogen-bond acceptors (Lipinski definition) is 7. The highest BCUT2D eigenvalue weighted by molar-refractivity contribution is 7.99. The Kier molecular flexibility index (Phi) is 8.03. The van der Waals surface area contributed by atoms with Crippen molar-refractivity contribution in [3.05, 3.63) is 30.3 Å². The number of thioether (sulfide) groups is 1. The molecule has 34 heavy (non-hydrogen) atoms. The van der Waals surface area contributed by atoms with E-state index in [9.17, 15) is 4.79 Å². The summed E-state index contributed by atoms with van der Waals surface area (Å²) in [7, 11) is 0. The molecule has 184 valence electrons. The summed E-state index contributed by atoms with van der Waals surface area (Å²) in [6.45, 7) is 4.53. The second kappa shape index (κ2) is 11.6. The summed E-state index contributed by atoms with van der Waals surface area (Å²) in [5.74, 6) is 1.35. The van der Waals surface area contributed by atoms with Crippen molar-refractivity contribution in [2.24, 2.45) is 0 Å². The number of nitrogens with zero attached hydrogens (tertiary/aromatic N) is 5. The van der Waals surface area contributed by atoms with E-state index in [-0.39, 0.29) is 18.1 Å². The molecule has 0 bridgehead atoms. The van der Waals surface area contributed by atoms with Crippen LogP contribution in [0, 0.1) is 0 Å². The lowest BCUT2D eigenvalue weighted by Crippen LogP contribution is -2.42.